The Morgan fingerprint density at radius 1 is 1.07 bits per heavy atom. The van der Waals surface area contributed by atoms with Crippen molar-refractivity contribution < 1.29 is 14.3 Å². The molecular weight excluding hydrogens is 362 g/mol. The molecule has 0 amide bonds. The molecule has 1 aliphatic heterocycles. The molecule has 0 atom stereocenters. The van der Waals surface area contributed by atoms with E-state index >= 15 is 0 Å². The lowest BCUT2D eigenvalue weighted by molar-refractivity contribution is 0.103. The highest BCUT2D eigenvalue weighted by Gasteiger charge is 2.22. The number of carbonyl (C=O) groups is 1. The van der Waals surface area contributed by atoms with Crippen LogP contribution in [0.25, 0.3) is 5.95 Å². The Bertz CT molecular complexity index is 984. The van der Waals surface area contributed by atoms with E-state index in [4.69, 9.17) is 9.47 Å². The van der Waals surface area contributed by atoms with Gasteiger partial charge in [0.1, 0.15) is 0 Å². The molecule has 10 nitrogen and oxygen atoms in total. The second-order valence-corrected chi connectivity index (χ2v) is 6.15. The number of hydrogen-bond acceptors (Lipinski definition) is 9. The maximum atomic E-state index is 12.7. The zero-order valence-electron chi connectivity index (χ0n) is 15.6. The molecule has 0 radical (unpaired) electrons. The molecule has 1 fully saturated rings. The van der Waals surface area contributed by atoms with Crippen LogP contribution in [0, 0.1) is 6.92 Å². The lowest BCUT2D eigenvalue weighted by Gasteiger charge is -2.26. The van der Waals surface area contributed by atoms with Gasteiger partial charge in [-0.25, -0.2) is 0 Å². The first-order valence-electron chi connectivity index (χ1n) is 8.82. The molecule has 0 bridgehead atoms. The van der Waals surface area contributed by atoms with E-state index < -0.39 is 0 Å². The monoisotopic (exact) mass is 381 g/mol. The van der Waals surface area contributed by atoms with Crippen LogP contribution >= 0.6 is 0 Å². The fourth-order valence-corrected chi connectivity index (χ4v) is 2.88. The third-order valence-electron chi connectivity index (χ3n) is 4.40. The lowest BCUT2D eigenvalue weighted by Crippen LogP contribution is -2.37. The molecule has 28 heavy (non-hydrogen) atoms. The van der Waals surface area contributed by atoms with Crippen LogP contribution in [0.3, 0.4) is 0 Å². The van der Waals surface area contributed by atoms with E-state index in [9.17, 15) is 4.79 Å². The van der Waals surface area contributed by atoms with Gasteiger partial charge >= 0.3 is 6.01 Å². The Balaban J connectivity index is 1.71. The van der Waals surface area contributed by atoms with E-state index in [0.717, 1.165) is 0 Å². The van der Waals surface area contributed by atoms with Gasteiger partial charge in [-0.1, -0.05) is 35.5 Å². The summed E-state index contributed by atoms with van der Waals surface area (Å²) in [6.45, 7) is 4.28. The number of morpholine rings is 1. The number of aromatic nitrogens is 6. The van der Waals surface area contributed by atoms with Gasteiger partial charge in [-0.2, -0.15) is 19.6 Å². The largest absolute Gasteiger partial charge is 0.467 e. The minimum absolute atomic E-state index is 0.164. The third kappa shape index (κ3) is 3.41. The fraction of sp³-hybridized carbons (Fsp3) is 0.333. The number of hydrogen-bond donors (Lipinski definition) is 0. The summed E-state index contributed by atoms with van der Waals surface area (Å²) >= 11 is 0. The number of rotatable bonds is 5. The van der Waals surface area contributed by atoms with Gasteiger partial charge in [0, 0.05) is 18.7 Å². The van der Waals surface area contributed by atoms with Gasteiger partial charge in [0.15, 0.2) is 5.69 Å². The van der Waals surface area contributed by atoms with Crippen molar-refractivity contribution >= 4 is 11.7 Å². The molecule has 1 aromatic carbocycles. The standard InChI is InChI=1S/C18H19N7O3/c1-12-14(15(26)13-6-4-3-5-7-13)22-23-25(12)17-19-16(20-18(21-17)27-2)24-8-10-28-11-9-24/h3-7H,8-11H2,1-2H3. The first-order chi connectivity index (χ1) is 13.7. The van der Waals surface area contributed by atoms with Crippen LogP contribution in [0.15, 0.2) is 30.3 Å². The molecule has 1 aliphatic rings. The molecule has 2 aromatic heterocycles. The quantitative estimate of drug-likeness (QED) is 0.594. The van der Waals surface area contributed by atoms with Crippen LogP contribution in [0.2, 0.25) is 0 Å². The Morgan fingerprint density at radius 3 is 2.50 bits per heavy atom. The molecule has 0 unspecified atom stereocenters. The summed E-state index contributed by atoms with van der Waals surface area (Å²) in [4.78, 5) is 27.8. The molecule has 0 saturated carbocycles. The molecule has 144 valence electrons. The van der Waals surface area contributed by atoms with Gasteiger partial charge in [0.05, 0.1) is 26.0 Å². The number of ketones is 1. The minimum atomic E-state index is -0.209. The number of nitrogens with zero attached hydrogens (tertiary/aromatic N) is 7. The fourth-order valence-electron chi connectivity index (χ4n) is 2.88. The number of methoxy groups -OCH3 is 1. The van der Waals surface area contributed by atoms with Crippen LogP contribution < -0.4 is 9.64 Å². The maximum Gasteiger partial charge on any atom is 0.322 e. The van der Waals surface area contributed by atoms with Crippen LogP contribution in [0.5, 0.6) is 6.01 Å². The summed E-state index contributed by atoms with van der Waals surface area (Å²) in [6.07, 6.45) is 0. The van der Waals surface area contributed by atoms with E-state index in [-0.39, 0.29) is 23.4 Å². The van der Waals surface area contributed by atoms with Crippen LogP contribution in [-0.2, 0) is 4.74 Å². The van der Waals surface area contributed by atoms with E-state index in [1.807, 2.05) is 11.0 Å². The molecule has 0 N–H and O–H groups in total. The number of anilines is 1. The summed E-state index contributed by atoms with van der Waals surface area (Å²) < 4.78 is 12.0. The first kappa shape index (κ1) is 18.0. The highest BCUT2D eigenvalue weighted by molar-refractivity contribution is 6.08. The minimum Gasteiger partial charge on any atom is -0.467 e. The van der Waals surface area contributed by atoms with Gasteiger partial charge in [-0.15, -0.1) is 5.10 Å². The molecular formula is C18H19N7O3. The van der Waals surface area contributed by atoms with E-state index in [1.54, 1.807) is 31.2 Å². The van der Waals surface area contributed by atoms with Gasteiger partial charge in [-0.3, -0.25) is 4.79 Å². The van der Waals surface area contributed by atoms with Crippen LogP contribution in [-0.4, -0.2) is 69.1 Å². The SMILES string of the molecule is COc1nc(N2CCOCC2)nc(-n2nnc(C(=O)c3ccccc3)c2C)n1. The van der Waals surface area contributed by atoms with Crippen molar-refractivity contribution in [1.82, 2.24) is 29.9 Å². The predicted molar refractivity (Wildman–Crippen MR) is 98.9 cm³/mol. The van der Waals surface area contributed by atoms with Gasteiger partial charge in [-0.05, 0) is 6.92 Å². The Kier molecular flexibility index (Phi) is 4.94. The molecule has 4 rings (SSSR count). The van der Waals surface area contributed by atoms with Gasteiger partial charge in [0.2, 0.25) is 11.7 Å². The third-order valence-corrected chi connectivity index (χ3v) is 4.40. The van der Waals surface area contributed by atoms with Crippen molar-refractivity contribution in [2.75, 3.05) is 38.3 Å². The van der Waals surface area contributed by atoms with Crippen molar-refractivity contribution in [3.63, 3.8) is 0 Å². The van der Waals surface area contributed by atoms with Crippen molar-refractivity contribution in [1.29, 1.82) is 0 Å². The molecule has 1 saturated heterocycles. The highest BCUT2D eigenvalue weighted by Crippen LogP contribution is 2.18. The number of benzene rings is 1. The number of ether oxygens (including phenoxy) is 2. The molecule has 3 aromatic rings. The molecule has 0 aliphatic carbocycles. The van der Waals surface area contributed by atoms with Crippen molar-refractivity contribution in [2.24, 2.45) is 0 Å². The Morgan fingerprint density at radius 2 is 1.79 bits per heavy atom. The normalized spacial score (nSPS) is 14.1. The second kappa shape index (κ2) is 7.69. The maximum absolute atomic E-state index is 12.7. The van der Waals surface area contributed by atoms with Gasteiger partial charge < -0.3 is 14.4 Å². The zero-order chi connectivity index (χ0) is 19.5. The van der Waals surface area contributed by atoms with E-state index in [2.05, 4.69) is 25.3 Å². The topological polar surface area (TPSA) is 108 Å². The van der Waals surface area contributed by atoms with Crippen LogP contribution in [0.1, 0.15) is 21.7 Å². The predicted octanol–water partition coefficient (Wildman–Crippen LogP) is 0.837. The van der Waals surface area contributed by atoms with Crippen molar-refractivity contribution in [3.8, 4) is 12.0 Å². The van der Waals surface area contributed by atoms with Gasteiger partial charge in [0.25, 0.3) is 5.95 Å². The summed E-state index contributed by atoms with van der Waals surface area (Å²) in [5, 5.41) is 8.14. The van der Waals surface area contributed by atoms with E-state index in [0.29, 0.717) is 43.5 Å². The van der Waals surface area contributed by atoms with Crippen molar-refractivity contribution in [3.05, 3.63) is 47.3 Å². The molecule has 0 spiro atoms. The Hall–Kier alpha value is -3.40. The Labute approximate surface area is 161 Å². The first-order valence-corrected chi connectivity index (χ1v) is 8.82. The van der Waals surface area contributed by atoms with Crippen LogP contribution in [0.4, 0.5) is 5.95 Å². The summed E-state index contributed by atoms with van der Waals surface area (Å²) in [6, 6.07) is 9.10. The number of carbonyl (C=O) groups excluding carboxylic acids is 1. The average molecular weight is 381 g/mol. The molecule has 3 heterocycles. The second-order valence-electron chi connectivity index (χ2n) is 6.15. The summed E-state index contributed by atoms with van der Waals surface area (Å²) in [5.41, 5.74) is 1.33. The smallest absolute Gasteiger partial charge is 0.322 e. The van der Waals surface area contributed by atoms with E-state index in [1.165, 1.54) is 11.8 Å². The average Bonchev–Trinajstić information content (AvgIpc) is 3.15. The summed E-state index contributed by atoms with van der Waals surface area (Å²) in [7, 11) is 1.49. The highest BCUT2D eigenvalue weighted by atomic mass is 16.5. The lowest BCUT2D eigenvalue weighted by atomic mass is 10.1. The van der Waals surface area contributed by atoms with Crippen molar-refractivity contribution in [2.45, 2.75) is 6.92 Å². The summed E-state index contributed by atoms with van der Waals surface area (Å²) in [5.74, 6) is 0.500. The molecule has 10 heteroatoms. The zero-order valence-corrected chi connectivity index (χ0v) is 15.6.